The molecule has 2 aromatic heterocycles. The summed E-state index contributed by atoms with van der Waals surface area (Å²) in [6.45, 7) is 6.15. The Bertz CT molecular complexity index is 1240. The summed E-state index contributed by atoms with van der Waals surface area (Å²) in [6, 6.07) is 9.26. The van der Waals surface area contributed by atoms with E-state index in [-0.39, 0.29) is 17.3 Å². The third kappa shape index (κ3) is 4.63. The van der Waals surface area contributed by atoms with Gasteiger partial charge in [-0.15, -0.1) is 11.3 Å². The molecule has 0 unspecified atom stereocenters. The summed E-state index contributed by atoms with van der Waals surface area (Å²) in [4.78, 5) is 20.0. The van der Waals surface area contributed by atoms with E-state index in [0.29, 0.717) is 47.6 Å². The third-order valence-corrected chi connectivity index (χ3v) is 8.05. The lowest BCUT2D eigenvalue weighted by molar-refractivity contribution is 0.0305. The fraction of sp³-hybridized carbons (Fsp3) is 0.364. The lowest BCUT2D eigenvalue weighted by Gasteiger charge is -2.26. The lowest BCUT2D eigenvalue weighted by atomic mass is 10.1. The second-order valence-corrected chi connectivity index (χ2v) is 10.5. The minimum absolute atomic E-state index is 0.0588. The van der Waals surface area contributed by atoms with Crippen LogP contribution in [0.25, 0.3) is 10.7 Å². The zero-order chi connectivity index (χ0) is 22.9. The molecule has 1 amide bonds. The van der Waals surface area contributed by atoms with Crippen molar-refractivity contribution in [3.63, 3.8) is 0 Å². The summed E-state index contributed by atoms with van der Waals surface area (Å²) in [5, 5.41) is 0.613. The van der Waals surface area contributed by atoms with Gasteiger partial charge in [-0.3, -0.25) is 4.79 Å². The molecule has 3 heterocycles. The Balaban J connectivity index is 1.55. The molecule has 8 nitrogen and oxygen atoms in total. The number of sulfonamides is 1. The molecule has 0 aliphatic carbocycles. The number of hydrogen-bond donors (Lipinski definition) is 1. The minimum Gasteiger partial charge on any atom is -0.378 e. The number of rotatable bonds is 6. The molecule has 1 N–H and O–H groups in total. The highest BCUT2D eigenvalue weighted by atomic mass is 32.2. The number of carbonyl (C=O) groups excluding carboxylic acids is 1. The lowest BCUT2D eigenvalue weighted by Crippen LogP contribution is -2.40. The van der Waals surface area contributed by atoms with Crippen molar-refractivity contribution in [2.75, 3.05) is 26.3 Å². The number of aromatic nitrogens is 2. The Kier molecular flexibility index (Phi) is 6.47. The molecule has 4 rings (SSSR count). The van der Waals surface area contributed by atoms with E-state index in [1.165, 1.54) is 11.3 Å². The minimum atomic E-state index is -3.70. The average Bonchev–Trinajstić information content (AvgIpc) is 3.36. The van der Waals surface area contributed by atoms with Crippen LogP contribution in [0.4, 0.5) is 0 Å². The average molecular weight is 475 g/mol. The molecule has 3 aromatic rings. The number of benzene rings is 1. The molecule has 0 bridgehead atoms. The van der Waals surface area contributed by atoms with Gasteiger partial charge < -0.3 is 14.2 Å². The van der Waals surface area contributed by atoms with Gasteiger partial charge in [-0.1, -0.05) is 24.3 Å². The number of nitrogens with zero attached hydrogens (tertiary/aromatic N) is 3. The summed E-state index contributed by atoms with van der Waals surface area (Å²) < 4.78 is 35.5. The van der Waals surface area contributed by atoms with Crippen molar-refractivity contribution in [3.8, 4) is 10.7 Å². The molecule has 1 aliphatic heterocycles. The summed E-state index contributed by atoms with van der Waals surface area (Å²) in [5.41, 5.74) is 3.24. The highest BCUT2D eigenvalue weighted by Crippen LogP contribution is 2.31. The number of nitrogens with one attached hydrogen (secondary N) is 1. The molecular formula is C22H26N4O4S2. The quantitative estimate of drug-likeness (QED) is 0.593. The van der Waals surface area contributed by atoms with Crippen LogP contribution in [0.3, 0.4) is 0 Å². The van der Waals surface area contributed by atoms with E-state index in [2.05, 4.69) is 9.71 Å². The first kappa shape index (κ1) is 22.7. The Hall–Kier alpha value is -2.53. The van der Waals surface area contributed by atoms with E-state index in [1.54, 1.807) is 35.7 Å². The molecule has 170 valence electrons. The fourth-order valence-corrected chi connectivity index (χ4v) is 5.74. The van der Waals surface area contributed by atoms with Gasteiger partial charge in [0.15, 0.2) is 0 Å². The topological polar surface area (TPSA) is 93.5 Å². The van der Waals surface area contributed by atoms with Gasteiger partial charge in [-0.05, 0) is 31.0 Å². The Morgan fingerprint density at radius 2 is 1.94 bits per heavy atom. The van der Waals surface area contributed by atoms with Crippen LogP contribution in [-0.4, -0.2) is 55.1 Å². The van der Waals surface area contributed by atoms with Gasteiger partial charge in [0.2, 0.25) is 10.0 Å². The van der Waals surface area contributed by atoms with E-state index < -0.39 is 10.0 Å². The van der Waals surface area contributed by atoms with Crippen LogP contribution in [0.2, 0.25) is 0 Å². The molecule has 1 aliphatic rings. The summed E-state index contributed by atoms with van der Waals surface area (Å²) in [7, 11) is -1.93. The third-order valence-electron chi connectivity index (χ3n) is 5.51. The van der Waals surface area contributed by atoms with Crippen molar-refractivity contribution in [2.45, 2.75) is 25.3 Å². The predicted octanol–water partition coefficient (Wildman–Crippen LogP) is 2.72. The van der Waals surface area contributed by atoms with E-state index in [1.807, 2.05) is 31.2 Å². The zero-order valence-corrected chi connectivity index (χ0v) is 19.9. The largest absolute Gasteiger partial charge is 0.378 e. The molecule has 1 aromatic carbocycles. The fourth-order valence-electron chi connectivity index (χ4n) is 3.57. The van der Waals surface area contributed by atoms with Crippen LogP contribution in [0.5, 0.6) is 0 Å². The van der Waals surface area contributed by atoms with E-state index in [4.69, 9.17) is 4.74 Å². The number of hydrogen-bond acceptors (Lipinski definition) is 6. The molecule has 0 spiro atoms. The van der Waals surface area contributed by atoms with Crippen LogP contribution in [-0.2, 0) is 28.4 Å². The van der Waals surface area contributed by atoms with Gasteiger partial charge in [-0.2, -0.15) is 0 Å². The van der Waals surface area contributed by atoms with Gasteiger partial charge in [0, 0.05) is 32.9 Å². The molecule has 1 fully saturated rings. The number of ether oxygens (including phenoxy) is 1. The summed E-state index contributed by atoms with van der Waals surface area (Å²) >= 11 is 1.29. The van der Waals surface area contributed by atoms with Gasteiger partial charge in [0.25, 0.3) is 5.91 Å². The predicted molar refractivity (Wildman–Crippen MR) is 123 cm³/mol. The first-order valence-corrected chi connectivity index (χ1v) is 12.6. The Morgan fingerprint density at radius 1 is 1.22 bits per heavy atom. The standard InChI is InChI=1S/C22H26N4O4S2/c1-15-6-4-5-7-17(15)13-23-32(28,29)18-12-19(25(3)14-18)21-24-16(2)20(31-21)22(27)26-8-10-30-11-9-26/h4-7,12,14,23H,8-11,13H2,1-3H3. The van der Waals surface area contributed by atoms with Gasteiger partial charge >= 0.3 is 0 Å². The highest BCUT2D eigenvalue weighted by molar-refractivity contribution is 7.89. The SMILES string of the molecule is Cc1ccccc1CNS(=O)(=O)c1cc(-c2nc(C)c(C(=O)N3CCOCC3)s2)n(C)c1. The maximum atomic E-state index is 12.9. The number of morpholine rings is 1. The van der Waals surface area contributed by atoms with Crippen LogP contribution >= 0.6 is 11.3 Å². The maximum absolute atomic E-state index is 12.9. The molecular weight excluding hydrogens is 448 g/mol. The second-order valence-electron chi connectivity index (χ2n) is 7.76. The monoisotopic (exact) mass is 474 g/mol. The van der Waals surface area contributed by atoms with Crippen LogP contribution < -0.4 is 4.72 Å². The second kappa shape index (κ2) is 9.14. The van der Waals surface area contributed by atoms with Crippen molar-refractivity contribution in [2.24, 2.45) is 7.05 Å². The van der Waals surface area contributed by atoms with E-state index in [0.717, 1.165) is 11.1 Å². The van der Waals surface area contributed by atoms with E-state index >= 15 is 0 Å². The van der Waals surface area contributed by atoms with Gasteiger partial charge in [0.1, 0.15) is 14.8 Å². The van der Waals surface area contributed by atoms with Crippen molar-refractivity contribution < 1.29 is 17.9 Å². The van der Waals surface area contributed by atoms with Gasteiger partial charge in [-0.25, -0.2) is 18.1 Å². The Morgan fingerprint density at radius 3 is 2.66 bits per heavy atom. The summed E-state index contributed by atoms with van der Waals surface area (Å²) in [6.07, 6.45) is 1.57. The molecule has 10 heteroatoms. The number of thiazole rings is 1. The molecule has 0 atom stereocenters. The maximum Gasteiger partial charge on any atom is 0.266 e. The van der Waals surface area contributed by atoms with Crippen LogP contribution in [0, 0.1) is 13.8 Å². The number of aryl methyl sites for hydroxylation is 3. The van der Waals surface area contributed by atoms with Crippen LogP contribution in [0.1, 0.15) is 26.5 Å². The first-order valence-electron chi connectivity index (χ1n) is 10.3. The van der Waals surface area contributed by atoms with Crippen molar-refractivity contribution in [3.05, 3.63) is 58.2 Å². The van der Waals surface area contributed by atoms with Gasteiger partial charge in [0.05, 0.1) is 24.6 Å². The van der Waals surface area contributed by atoms with Crippen LogP contribution in [0.15, 0.2) is 41.4 Å². The molecule has 0 saturated carbocycles. The van der Waals surface area contributed by atoms with Crippen molar-refractivity contribution in [1.29, 1.82) is 0 Å². The normalized spacial score (nSPS) is 14.7. The molecule has 1 saturated heterocycles. The number of amides is 1. The van der Waals surface area contributed by atoms with Crippen molar-refractivity contribution >= 4 is 27.3 Å². The zero-order valence-electron chi connectivity index (χ0n) is 18.3. The molecule has 0 radical (unpaired) electrons. The highest BCUT2D eigenvalue weighted by Gasteiger charge is 2.25. The molecule has 32 heavy (non-hydrogen) atoms. The van der Waals surface area contributed by atoms with E-state index in [9.17, 15) is 13.2 Å². The Labute approximate surface area is 191 Å². The number of carbonyl (C=O) groups is 1. The summed E-state index contributed by atoms with van der Waals surface area (Å²) in [5.74, 6) is -0.0588. The first-order chi connectivity index (χ1) is 15.3. The van der Waals surface area contributed by atoms with Crippen molar-refractivity contribution in [1.82, 2.24) is 19.2 Å². The smallest absolute Gasteiger partial charge is 0.266 e.